The van der Waals surface area contributed by atoms with Crippen LogP contribution in [0.3, 0.4) is 0 Å². The van der Waals surface area contributed by atoms with Crippen molar-refractivity contribution in [3.8, 4) is 11.5 Å². The summed E-state index contributed by atoms with van der Waals surface area (Å²) < 4.78 is 10.5. The first-order valence-corrected chi connectivity index (χ1v) is 7.77. The van der Waals surface area contributed by atoms with Crippen LogP contribution in [-0.4, -0.2) is 37.5 Å². The Kier molecular flexibility index (Phi) is 4.51. The molecule has 0 unspecified atom stereocenters. The Labute approximate surface area is 140 Å². The molecule has 0 aliphatic carbocycles. The maximum absolute atomic E-state index is 12.5. The van der Waals surface area contributed by atoms with Crippen LogP contribution in [0.5, 0.6) is 11.5 Å². The third-order valence-electron chi connectivity index (χ3n) is 4.21. The van der Waals surface area contributed by atoms with Crippen LogP contribution >= 0.6 is 0 Å². The van der Waals surface area contributed by atoms with E-state index in [4.69, 9.17) is 9.47 Å². The van der Waals surface area contributed by atoms with Gasteiger partial charge in [0.1, 0.15) is 0 Å². The summed E-state index contributed by atoms with van der Waals surface area (Å²) in [5.74, 6) is 0.915. The average molecular weight is 325 g/mol. The minimum Gasteiger partial charge on any atom is -0.493 e. The second-order valence-corrected chi connectivity index (χ2v) is 5.62. The molecule has 0 fully saturated rings. The molecule has 2 amide bonds. The zero-order valence-corrected chi connectivity index (χ0v) is 13.7. The number of amides is 2. The van der Waals surface area contributed by atoms with E-state index >= 15 is 0 Å². The van der Waals surface area contributed by atoms with Gasteiger partial charge in [-0.2, -0.15) is 0 Å². The lowest BCUT2D eigenvalue weighted by Gasteiger charge is -2.26. The summed E-state index contributed by atoms with van der Waals surface area (Å²) in [6.45, 7) is 0.349. The second-order valence-electron chi connectivity index (χ2n) is 5.62. The maximum atomic E-state index is 12.5. The molecule has 2 aromatic rings. The zero-order valence-electron chi connectivity index (χ0n) is 13.7. The molecule has 0 saturated heterocycles. The molecule has 2 aromatic carbocycles. The molecule has 1 heterocycles. The summed E-state index contributed by atoms with van der Waals surface area (Å²) in [5.41, 5.74) is 2.39. The van der Waals surface area contributed by atoms with Crippen LogP contribution < -0.4 is 9.47 Å². The third-order valence-corrected chi connectivity index (χ3v) is 4.21. The number of rotatable bonds is 5. The van der Waals surface area contributed by atoms with Gasteiger partial charge >= 0.3 is 0 Å². The van der Waals surface area contributed by atoms with Crippen LogP contribution in [0.15, 0.2) is 42.5 Å². The van der Waals surface area contributed by atoms with Crippen LogP contribution in [0.1, 0.15) is 21.5 Å². The lowest BCUT2D eigenvalue weighted by Crippen LogP contribution is -2.43. The molecule has 3 rings (SSSR count). The molecule has 0 radical (unpaired) electrons. The van der Waals surface area contributed by atoms with Crippen LogP contribution in [0.25, 0.3) is 0 Å². The fraction of sp³-hybridized carbons (Fsp3) is 0.263. The number of fused-ring (bicyclic) bond motifs is 1. The molecule has 1 aliphatic heterocycles. The van der Waals surface area contributed by atoms with Gasteiger partial charge in [-0.05, 0) is 35.7 Å². The second kappa shape index (κ2) is 6.74. The standard InChI is InChI=1S/C19H19NO4/c1-23-16-8-7-13(11-17(16)24-2)9-10-20-18(21)12-14-5-3-4-6-15(14)19(20)22/h3-8,11H,9-10,12H2,1-2H3. The van der Waals surface area contributed by atoms with Gasteiger partial charge in [-0.15, -0.1) is 0 Å². The van der Waals surface area contributed by atoms with Crippen LogP contribution in [0, 0.1) is 0 Å². The van der Waals surface area contributed by atoms with E-state index in [0.717, 1.165) is 11.1 Å². The molecule has 0 bridgehead atoms. The Bertz CT molecular complexity index is 785. The third kappa shape index (κ3) is 2.97. The Morgan fingerprint density at radius 3 is 2.50 bits per heavy atom. The predicted octanol–water partition coefficient (Wildman–Crippen LogP) is 2.47. The molecule has 1 aliphatic rings. The highest BCUT2D eigenvalue weighted by Gasteiger charge is 2.30. The topological polar surface area (TPSA) is 55.8 Å². The molecule has 0 N–H and O–H groups in total. The number of carbonyl (C=O) groups is 2. The van der Waals surface area contributed by atoms with Crippen molar-refractivity contribution in [1.29, 1.82) is 0 Å². The monoisotopic (exact) mass is 325 g/mol. The van der Waals surface area contributed by atoms with E-state index < -0.39 is 0 Å². The highest BCUT2D eigenvalue weighted by Crippen LogP contribution is 2.28. The summed E-state index contributed by atoms with van der Waals surface area (Å²) in [6, 6.07) is 12.9. The van der Waals surface area contributed by atoms with Gasteiger partial charge in [-0.3, -0.25) is 14.5 Å². The summed E-state index contributed by atoms with van der Waals surface area (Å²) in [7, 11) is 3.16. The van der Waals surface area contributed by atoms with Gasteiger partial charge < -0.3 is 9.47 Å². The molecule has 0 aromatic heterocycles. The van der Waals surface area contributed by atoms with Crippen molar-refractivity contribution in [2.75, 3.05) is 20.8 Å². The van der Waals surface area contributed by atoms with E-state index in [0.29, 0.717) is 30.0 Å². The first-order chi connectivity index (χ1) is 11.6. The lowest BCUT2D eigenvalue weighted by atomic mass is 9.98. The number of ether oxygens (including phenoxy) is 2. The average Bonchev–Trinajstić information content (AvgIpc) is 2.61. The maximum Gasteiger partial charge on any atom is 0.260 e. The minimum atomic E-state index is -0.220. The van der Waals surface area contributed by atoms with Crippen LogP contribution in [0.4, 0.5) is 0 Å². The summed E-state index contributed by atoms with van der Waals surface area (Å²) in [6.07, 6.45) is 0.841. The van der Waals surface area contributed by atoms with Crippen molar-refractivity contribution in [3.05, 3.63) is 59.2 Å². The fourth-order valence-electron chi connectivity index (χ4n) is 2.90. The van der Waals surface area contributed by atoms with E-state index in [-0.39, 0.29) is 18.2 Å². The number of nitrogens with zero attached hydrogens (tertiary/aromatic N) is 1. The zero-order chi connectivity index (χ0) is 17.1. The quantitative estimate of drug-likeness (QED) is 0.793. The molecule has 0 saturated carbocycles. The van der Waals surface area contributed by atoms with Gasteiger partial charge in [0.15, 0.2) is 11.5 Å². The summed E-state index contributed by atoms with van der Waals surface area (Å²) in [5, 5.41) is 0. The Hall–Kier alpha value is -2.82. The Morgan fingerprint density at radius 2 is 1.75 bits per heavy atom. The van der Waals surface area contributed by atoms with E-state index in [1.165, 1.54) is 4.90 Å². The minimum absolute atomic E-state index is 0.154. The number of benzene rings is 2. The first-order valence-electron chi connectivity index (χ1n) is 7.77. The van der Waals surface area contributed by atoms with Crippen molar-refractivity contribution < 1.29 is 19.1 Å². The molecule has 0 atom stereocenters. The number of hydrogen-bond donors (Lipinski definition) is 0. The SMILES string of the molecule is COc1ccc(CCN2C(=O)Cc3ccccc3C2=O)cc1OC. The normalized spacial score (nSPS) is 13.7. The van der Waals surface area contributed by atoms with E-state index in [1.54, 1.807) is 20.3 Å². The van der Waals surface area contributed by atoms with Crippen LogP contribution in [-0.2, 0) is 17.6 Å². The molecule has 0 spiro atoms. The highest BCUT2D eigenvalue weighted by molar-refractivity contribution is 6.09. The molecule has 5 nitrogen and oxygen atoms in total. The van der Waals surface area contributed by atoms with Gasteiger partial charge in [0, 0.05) is 12.1 Å². The number of hydrogen-bond acceptors (Lipinski definition) is 4. The fourth-order valence-corrected chi connectivity index (χ4v) is 2.90. The van der Waals surface area contributed by atoms with Crippen molar-refractivity contribution in [2.24, 2.45) is 0 Å². The smallest absolute Gasteiger partial charge is 0.260 e. The van der Waals surface area contributed by atoms with Gasteiger partial charge in [-0.25, -0.2) is 0 Å². The van der Waals surface area contributed by atoms with Crippen LogP contribution in [0.2, 0.25) is 0 Å². The Morgan fingerprint density at radius 1 is 1.00 bits per heavy atom. The number of imide groups is 1. The van der Waals surface area contributed by atoms with Gasteiger partial charge in [-0.1, -0.05) is 24.3 Å². The van der Waals surface area contributed by atoms with Crippen molar-refractivity contribution in [1.82, 2.24) is 4.90 Å². The molecular weight excluding hydrogens is 306 g/mol. The number of carbonyl (C=O) groups excluding carboxylic acids is 2. The van der Waals surface area contributed by atoms with E-state index in [2.05, 4.69) is 0 Å². The predicted molar refractivity (Wildman–Crippen MR) is 89.4 cm³/mol. The van der Waals surface area contributed by atoms with E-state index in [9.17, 15) is 9.59 Å². The molecule has 24 heavy (non-hydrogen) atoms. The van der Waals surface area contributed by atoms with Crippen molar-refractivity contribution >= 4 is 11.8 Å². The van der Waals surface area contributed by atoms with Gasteiger partial charge in [0.05, 0.1) is 20.6 Å². The lowest BCUT2D eigenvalue weighted by molar-refractivity contribution is -0.128. The van der Waals surface area contributed by atoms with Crippen molar-refractivity contribution in [2.45, 2.75) is 12.8 Å². The Balaban J connectivity index is 1.75. The largest absolute Gasteiger partial charge is 0.493 e. The van der Waals surface area contributed by atoms with Crippen molar-refractivity contribution in [3.63, 3.8) is 0 Å². The molecular formula is C19H19NO4. The summed E-state index contributed by atoms with van der Waals surface area (Å²) >= 11 is 0. The molecule has 124 valence electrons. The highest BCUT2D eigenvalue weighted by atomic mass is 16.5. The summed E-state index contributed by atoms with van der Waals surface area (Å²) in [4.78, 5) is 26.1. The van der Waals surface area contributed by atoms with Gasteiger partial charge in [0.25, 0.3) is 5.91 Å². The van der Waals surface area contributed by atoms with E-state index in [1.807, 2.05) is 36.4 Å². The number of methoxy groups -OCH3 is 2. The first kappa shape index (κ1) is 16.1. The molecule has 5 heteroatoms. The van der Waals surface area contributed by atoms with Gasteiger partial charge in [0.2, 0.25) is 5.91 Å².